The van der Waals surface area contributed by atoms with Gasteiger partial charge in [0.1, 0.15) is 5.69 Å². The third-order valence-electron chi connectivity index (χ3n) is 1.84. The number of aliphatic carboxylic acids is 1. The smallest absolute Gasteiger partial charge is 0.330 e. The molecule has 0 aromatic heterocycles. The molecule has 1 aromatic carbocycles. The van der Waals surface area contributed by atoms with E-state index in [1.807, 2.05) is 0 Å². The predicted molar refractivity (Wildman–Crippen MR) is 54.7 cm³/mol. The van der Waals surface area contributed by atoms with Crippen LogP contribution in [0.4, 0.5) is 15.8 Å². The zero-order valence-corrected chi connectivity index (χ0v) is 8.70. The number of rotatable bonds is 4. The number of carboxylic acids is 1. The first-order valence-electron chi connectivity index (χ1n) is 4.49. The Morgan fingerprint density at radius 3 is 2.71 bits per heavy atom. The van der Waals surface area contributed by atoms with Crippen LogP contribution in [-0.4, -0.2) is 22.0 Å². The highest BCUT2D eigenvalue weighted by Gasteiger charge is 2.12. The van der Waals surface area contributed by atoms with Crippen LogP contribution in [0.15, 0.2) is 28.4 Å². The molecule has 0 fully saturated rings. The van der Waals surface area contributed by atoms with Crippen molar-refractivity contribution in [2.45, 2.75) is 13.0 Å². The molecule has 1 unspecified atom stereocenters. The van der Waals surface area contributed by atoms with Crippen molar-refractivity contribution >= 4 is 17.3 Å². The molecule has 1 atom stereocenters. The van der Waals surface area contributed by atoms with Crippen molar-refractivity contribution in [3.8, 4) is 0 Å². The molecule has 0 radical (unpaired) electrons. The second-order valence-electron chi connectivity index (χ2n) is 3.12. The minimum absolute atomic E-state index is 0.247. The monoisotopic (exact) mass is 241 g/mol. The molecule has 0 aliphatic heterocycles. The highest BCUT2D eigenvalue weighted by atomic mass is 19.1. The molecule has 1 N–H and O–H groups in total. The van der Waals surface area contributed by atoms with Crippen molar-refractivity contribution in [2.24, 2.45) is 10.2 Å². The molecule has 17 heavy (non-hydrogen) atoms. The summed E-state index contributed by atoms with van der Waals surface area (Å²) in [5.74, 6) is -2.13. The Bertz CT molecular complexity index is 489. The molecule has 8 heteroatoms. The number of carbonyl (C=O) groups is 1. The van der Waals surface area contributed by atoms with E-state index in [1.54, 1.807) is 0 Å². The fraction of sp³-hybridized carbons (Fsp3) is 0.222. The van der Waals surface area contributed by atoms with Crippen LogP contribution in [0, 0.1) is 15.9 Å². The van der Waals surface area contributed by atoms with Gasteiger partial charge in [-0.05, 0) is 13.0 Å². The maximum Gasteiger partial charge on any atom is 0.330 e. The lowest BCUT2D eigenvalue weighted by atomic mass is 10.3. The number of hydrogen-bond donors (Lipinski definition) is 1. The number of nitro benzene ring substituents is 1. The molecule has 0 saturated carbocycles. The lowest BCUT2D eigenvalue weighted by molar-refractivity contribution is -0.385. The summed E-state index contributed by atoms with van der Waals surface area (Å²) in [6.07, 6.45) is 0. The third-order valence-corrected chi connectivity index (χ3v) is 1.84. The molecule has 0 heterocycles. The van der Waals surface area contributed by atoms with E-state index in [0.29, 0.717) is 6.07 Å². The van der Waals surface area contributed by atoms with Crippen LogP contribution in [-0.2, 0) is 4.79 Å². The summed E-state index contributed by atoms with van der Waals surface area (Å²) in [6, 6.07) is 1.71. The Balaban J connectivity index is 2.94. The fourth-order valence-electron chi connectivity index (χ4n) is 0.889. The van der Waals surface area contributed by atoms with Gasteiger partial charge in [-0.15, -0.1) is 0 Å². The first-order valence-corrected chi connectivity index (χ1v) is 4.49. The van der Waals surface area contributed by atoms with Crippen molar-refractivity contribution in [2.75, 3.05) is 0 Å². The number of non-ortho nitro benzene ring substituents is 1. The van der Waals surface area contributed by atoms with Gasteiger partial charge in [-0.2, -0.15) is 10.2 Å². The summed E-state index contributed by atoms with van der Waals surface area (Å²) < 4.78 is 13.3. The van der Waals surface area contributed by atoms with Gasteiger partial charge in [0.15, 0.2) is 11.9 Å². The van der Waals surface area contributed by atoms with E-state index < -0.39 is 28.4 Å². The maximum absolute atomic E-state index is 13.3. The quantitative estimate of drug-likeness (QED) is 0.495. The molecule has 0 saturated heterocycles. The summed E-state index contributed by atoms with van der Waals surface area (Å²) >= 11 is 0. The van der Waals surface area contributed by atoms with Gasteiger partial charge in [-0.3, -0.25) is 10.1 Å². The molecule has 0 spiro atoms. The SMILES string of the molecule is CC(N=Nc1ccc([N+](=O)[O-])cc1F)C(=O)O. The van der Waals surface area contributed by atoms with E-state index in [-0.39, 0.29) is 5.69 Å². The molecular formula is C9H8FN3O4. The second kappa shape index (κ2) is 5.10. The van der Waals surface area contributed by atoms with E-state index in [0.717, 1.165) is 12.1 Å². The Hall–Kier alpha value is -2.38. The van der Waals surface area contributed by atoms with Crippen LogP contribution in [0.2, 0.25) is 0 Å². The molecular weight excluding hydrogens is 233 g/mol. The summed E-state index contributed by atoms with van der Waals surface area (Å²) in [4.78, 5) is 20.0. The first kappa shape index (κ1) is 12.7. The van der Waals surface area contributed by atoms with Crippen molar-refractivity contribution < 1.29 is 19.2 Å². The van der Waals surface area contributed by atoms with Gasteiger partial charge >= 0.3 is 5.97 Å². The van der Waals surface area contributed by atoms with Gasteiger partial charge in [-0.1, -0.05) is 0 Å². The summed E-state index contributed by atoms with van der Waals surface area (Å²) in [6.45, 7) is 1.27. The lowest BCUT2D eigenvalue weighted by Gasteiger charge is -1.98. The number of azo groups is 1. The molecule has 0 bridgehead atoms. The summed E-state index contributed by atoms with van der Waals surface area (Å²) in [7, 11) is 0. The third kappa shape index (κ3) is 3.30. The van der Waals surface area contributed by atoms with Gasteiger partial charge in [-0.25, -0.2) is 9.18 Å². The van der Waals surface area contributed by atoms with Crippen LogP contribution < -0.4 is 0 Å². The summed E-state index contributed by atoms with van der Waals surface area (Å²) in [5, 5.41) is 25.6. The van der Waals surface area contributed by atoms with E-state index in [2.05, 4.69) is 10.2 Å². The average molecular weight is 241 g/mol. The summed E-state index contributed by atoms with van der Waals surface area (Å²) in [5.41, 5.74) is -0.656. The highest BCUT2D eigenvalue weighted by Crippen LogP contribution is 2.23. The van der Waals surface area contributed by atoms with E-state index in [9.17, 15) is 19.3 Å². The molecule has 0 aliphatic carbocycles. The molecule has 0 amide bonds. The van der Waals surface area contributed by atoms with Gasteiger partial charge in [0.25, 0.3) is 5.69 Å². The normalized spacial score (nSPS) is 12.6. The topological polar surface area (TPSA) is 105 Å². The largest absolute Gasteiger partial charge is 0.480 e. The molecule has 0 aliphatic rings. The van der Waals surface area contributed by atoms with Gasteiger partial charge < -0.3 is 5.11 Å². The Labute approximate surface area is 94.7 Å². The standard InChI is InChI=1S/C9H8FN3O4/c1-5(9(14)15)11-12-8-3-2-6(13(16)17)4-7(8)10/h2-5H,1H3,(H,14,15). The van der Waals surface area contributed by atoms with Gasteiger partial charge in [0.2, 0.25) is 0 Å². The Morgan fingerprint density at radius 2 is 2.24 bits per heavy atom. The van der Waals surface area contributed by atoms with Gasteiger partial charge in [0, 0.05) is 6.07 Å². The van der Waals surface area contributed by atoms with Crippen molar-refractivity contribution in [3.05, 3.63) is 34.1 Å². The number of hydrogen-bond acceptors (Lipinski definition) is 5. The number of halogens is 1. The Kier molecular flexibility index (Phi) is 3.81. The fourth-order valence-corrected chi connectivity index (χ4v) is 0.889. The zero-order valence-electron chi connectivity index (χ0n) is 8.70. The van der Waals surface area contributed by atoms with Crippen LogP contribution in [0.3, 0.4) is 0 Å². The van der Waals surface area contributed by atoms with Crippen LogP contribution in [0.1, 0.15) is 6.92 Å². The second-order valence-corrected chi connectivity index (χ2v) is 3.12. The van der Waals surface area contributed by atoms with E-state index in [4.69, 9.17) is 5.11 Å². The van der Waals surface area contributed by atoms with E-state index in [1.165, 1.54) is 6.92 Å². The highest BCUT2D eigenvalue weighted by molar-refractivity contribution is 5.72. The van der Waals surface area contributed by atoms with Crippen molar-refractivity contribution in [1.82, 2.24) is 0 Å². The van der Waals surface area contributed by atoms with E-state index >= 15 is 0 Å². The molecule has 90 valence electrons. The first-order chi connectivity index (χ1) is 7.91. The molecule has 1 aromatic rings. The number of nitrogens with zero attached hydrogens (tertiary/aromatic N) is 3. The number of nitro groups is 1. The average Bonchev–Trinajstić information content (AvgIpc) is 2.26. The maximum atomic E-state index is 13.3. The minimum atomic E-state index is -1.20. The van der Waals surface area contributed by atoms with Crippen molar-refractivity contribution in [3.63, 3.8) is 0 Å². The van der Waals surface area contributed by atoms with Crippen LogP contribution in [0.25, 0.3) is 0 Å². The zero-order chi connectivity index (χ0) is 13.0. The Morgan fingerprint density at radius 1 is 1.59 bits per heavy atom. The number of carboxylic acid groups (broad SMARTS) is 1. The lowest BCUT2D eigenvalue weighted by Crippen LogP contribution is -2.11. The minimum Gasteiger partial charge on any atom is -0.480 e. The van der Waals surface area contributed by atoms with Crippen LogP contribution in [0.5, 0.6) is 0 Å². The van der Waals surface area contributed by atoms with Crippen molar-refractivity contribution in [1.29, 1.82) is 0 Å². The molecule has 7 nitrogen and oxygen atoms in total. The van der Waals surface area contributed by atoms with Crippen LogP contribution >= 0.6 is 0 Å². The predicted octanol–water partition coefficient (Wildman–Crippen LogP) is 2.29. The molecule has 1 rings (SSSR count). The number of benzene rings is 1. The van der Waals surface area contributed by atoms with Gasteiger partial charge in [0.05, 0.1) is 11.0 Å².